The number of rotatable bonds is 3. The Labute approximate surface area is 101 Å². The molecule has 92 valence electrons. The number of amides is 1. The van der Waals surface area contributed by atoms with Crippen molar-refractivity contribution in [3.05, 3.63) is 30.3 Å². The number of hydrogen-bond donors (Lipinski definition) is 1. The monoisotopic (exact) mass is 253 g/mol. The van der Waals surface area contributed by atoms with Crippen LogP contribution in [0.1, 0.15) is 12.8 Å². The summed E-state index contributed by atoms with van der Waals surface area (Å²) in [5, 5.41) is 2.76. The lowest BCUT2D eigenvalue weighted by molar-refractivity contribution is -0.116. The first-order valence-electron chi connectivity index (χ1n) is 5.60. The van der Waals surface area contributed by atoms with Crippen molar-refractivity contribution in [3.63, 3.8) is 0 Å². The Morgan fingerprint density at radius 1 is 1.29 bits per heavy atom. The summed E-state index contributed by atoms with van der Waals surface area (Å²) in [6.07, 6.45) is 0.888. The molecule has 1 aliphatic rings. The van der Waals surface area contributed by atoms with Gasteiger partial charge in [-0.1, -0.05) is 18.2 Å². The molecule has 1 aliphatic heterocycles. The smallest absolute Gasteiger partial charge is 0.224 e. The maximum atomic E-state index is 11.7. The van der Waals surface area contributed by atoms with Gasteiger partial charge in [-0.05, 0) is 24.5 Å². The SMILES string of the molecule is O=C(C[C@@H]1CCS(=O)(=O)C1)Nc1ccccc1. The number of sulfone groups is 1. The summed E-state index contributed by atoms with van der Waals surface area (Å²) in [6, 6.07) is 9.18. The number of para-hydroxylation sites is 1. The van der Waals surface area contributed by atoms with Crippen molar-refractivity contribution in [1.29, 1.82) is 0 Å². The van der Waals surface area contributed by atoms with Gasteiger partial charge in [0.05, 0.1) is 11.5 Å². The topological polar surface area (TPSA) is 63.2 Å². The highest BCUT2D eigenvalue weighted by Gasteiger charge is 2.29. The van der Waals surface area contributed by atoms with Crippen molar-refractivity contribution in [2.75, 3.05) is 16.8 Å². The number of anilines is 1. The highest BCUT2D eigenvalue weighted by atomic mass is 32.2. The van der Waals surface area contributed by atoms with Crippen molar-refractivity contribution >= 4 is 21.4 Å². The number of carbonyl (C=O) groups excluding carboxylic acids is 1. The van der Waals surface area contributed by atoms with E-state index in [1.54, 1.807) is 0 Å². The third-order valence-corrected chi connectivity index (χ3v) is 4.70. The average molecular weight is 253 g/mol. The van der Waals surface area contributed by atoms with Gasteiger partial charge >= 0.3 is 0 Å². The zero-order chi connectivity index (χ0) is 12.3. The van der Waals surface area contributed by atoms with Crippen molar-refractivity contribution in [2.45, 2.75) is 12.8 Å². The Kier molecular flexibility index (Phi) is 3.47. The van der Waals surface area contributed by atoms with Gasteiger partial charge in [0.2, 0.25) is 5.91 Å². The fraction of sp³-hybridized carbons (Fsp3) is 0.417. The van der Waals surface area contributed by atoms with Crippen LogP contribution in [0.4, 0.5) is 5.69 Å². The minimum atomic E-state index is -2.89. The maximum absolute atomic E-state index is 11.7. The molecule has 1 aromatic rings. The lowest BCUT2D eigenvalue weighted by Gasteiger charge is -2.08. The minimum absolute atomic E-state index is 0.0243. The standard InChI is InChI=1S/C12H15NO3S/c14-12(13-11-4-2-1-3-5-11)8-10-6-7-17(15,16)9-10/h1-5,10H,6-9H2,(H,13,14)/t10-/m0/s1. The van der Waals surface area contributed by atoms with E-state index in [0.717, 1.165) is 5.69 Å². The van der Waals surface area contributed by atoms with Gasteiger partial charge in [-0.3, -0.25) is 4.79 Å². The summed E-state index contributed by atoms with van der Waals surface area (Å²) < 4.78 is 22.5. The van der Waals surface area contributed by atoms with Gasteiger partial charge in [0.25, 0.3) is 0 Å². The molecule has 1 N–H and O–H groups in total. The van der Waals surface area contributed by atoms with Crippen LogP contribution in [-0.4, -0.2) is 25.8 Å². The quantitative estimate of drug-likeness (QED) is 0.886. The Hall–Kier alpha value is -1.36. The molecule has 0 radical (unpaired) electrons. The van der Waals surface area contributed by atoms with Crippen LogP contribution in [0.5, 0.6) is 0 Å². The molecule has 1 fully saturated rings. The van der Waals surface area contributed by atoms with E-state index in [2.05, 4.69) is 5.32 Å². The van der Waals surface area contributed by atoms with Gasteiger partial charge in [-0.25, -0.2) is 8.42 Å². The molecule has 1 atom stereocenters. The van der Waals surface area contributed by atoms with E-state index < -0.39 is 9.84 Å². The van der Waals surface area contributed by atoms with E-state index in [9.17, 15) is 13.2 Å². The van der Waals surface area contributed by atoms with E-state index in [1.807, 2.05) is 30.3 Å². The van der Waals surface area contributed by atoms with Crippen LogP contribution < -0.4 is 5.32 Å². The summed E-state index contributed by atoms with van der Waals surface area (Å²) >= 11 is 0. The summed E-state index contributed by atoms with van der Waals surface area (Å²) in [5.74, 6) is 0.230. The second-order valence-corrected chi connectivity index (χ2v) is 6.62. The molecular formula is C12H15NO3S. The number of carbonyl (C=O) groups is 1. The molecule has 4 nitrogen and oxygen atoms in total. The Morgan fingerprint density at radius 2 is 2.00 bits per heavy atom. The highest BCUT2D eigenvalue weighted by molar-refractivity contribution is 7.91. The zero-order valence-corrected chi connectivity index (χ0v) is 10.2. The molecule has 0 bridgehead atoms. The molecular weight excluding hydrogens is 238 g/mol. The Balaban J connectivity index is 1.87. The largest absolute Gasteiger partial charge is 0.326 e. The first-order chi connectivity index (χ1) is 8.05. The van der Waals surface area contributed by atoms with E-state index in [-0.39, 0.29) is 29.8 Å². The molecule has 1 aromatic carbocycles. The Bertz CT molecular complexity index is 496. The van der Waals surface area contributed by atoms with Gasteiger partial charge in [-0.2, -0.15) is 0 Å². The second-order valence-electron chi connectivity index (χ2n) is 4.39. The fourth-order valence-electron chi connectivity index (χ4n) is 2.03. The third kappa shape index (κ3) is 3.56. The summed E-state index contributed by atoms with van der Waals surface area (Å²) in [4.78, 5) is 11.7. The van der Waals surface area contributed by atoms with Gasteiger partial charge in [-0.15, -0.1) is 0 Å². The number of hydrogen-bond acceptors (Lipinski definition) is 3. The van der Waals surface area contributed by atoms with Gasteiger partial charge in [0.15, 0.2) is 9.84 Å². The van der Waals surface area contributed by atoms with Crippen LogP contribution in [-0.2, 0) is 14.6 Å². The maximum Gasteiger partial charge on any atom is 0.224 e. The van der Waals surface area contributed by atoms with E-state index in [1.165, 1.54) is 0 Å². The van der Waals surface area contributed by atoms with Crippen LogP contribution in [0.2, 0.25) is 0 Å². The van der Waals surface area contributed by atoms with Crippen LogP contribution in [0, 0.1) is 5.92 Å². The first-order valence-corrected chi connectivity index (χ1v) is 7.43. The molecule has 0 aromatic heterocycles. The summed E-state index contributed by atoms with van der Waals surface area (Å²) in [7, 11) is -2.89. The normalized spacial score (nSPS) is 22.2. The van der Waals surface area contributed by atoms with Crippen molar-refractivity contribution < 1.29 is 13.2 Å². The van der Waals surface area contributed by atoms with Crippen LogP contribution in [0.3, 0.4) is 0 Å². The molecule has 1 heterocycles. The third-order valence-electron chi connectivity index (χ3n) is 2.86. The van der Waals surface area contributed by atoms with Crippen LogP contribution in [0.15, 0.2) is 30.3 Å². The predicted molar refractivity (Wildman–Crippen MR) is 66.4 cm³/mol. The summed E-state index contributed by atoms with van der Waals surface area (Å²) in [6.45, 7) is 0. The van der Waals surface area contributed by atoms with Gasteiger partial charge < -0.3 is 5.32 Å². The summed E-state index contributed by atoms with van der Waals surface area (Å²) in [5.41, 5.74) is 0.748. The zero-order valence-electron chi connectivity index (χ0n) is 9.43. The molecule has 5 heteroatoms. The lowest BCUT2D eigenvalue weighted by atomic mass is 10.1. The second kappa shape index (κ2) is 4.87. The van der Waals surface area contributed by atoms with E-state index in [4.69, 9.17) is 0 Å². The molecule has 1 amide bonds. The van der Waals surface area contributed by atoms with Crippen molar-refractivity contribution in [2.24, 2.45) is 5.92 Å². The first kappa shape index (κ1) is 12.1. The van der Waals surface area contributed by atoms with Crippen molar-refractivity contribution in [3.8, 4) is 0 Å². The van der Waals surface area contributed by atoms with Crippen molar-refractivity contribution in [1.82, 2.24) is 0 Å². The van der Waals surface area contributed by atoms with Gasteiger partial charge in [0, 0.05) is 12.1 Å². The average Bonchev–Trinajstić information content (AvgIpc) is 2.59. The molecule has 0 unspecified atom stereocenters. The predicted octanol–water partition coefficient (Wildman–Crippen LogP) is 1.45. The molecule has 0 spiro atoms. The van der Waals surface area contributed by atoms with E-state index >= 15 is 0 Å². The number of benzene rings is 1. The molecule has 0 saturated carbocycles. The van der Waals surface area contributed by atoms with Crippen LogP contribution in [0.25, 0.3) is 0 Å². The molecule has 1 saturated heterocycles. The fourth-order valence-corrected chi connectivity index (χ4v) is 3.89. The molecule has 0 aliphatic carbocycles. The minimum Gasteiger partial charge on any atom is -0.326 e. The lowest BCUT2D eigenvalue weighted by Crippen LogP contribution is -2.17. The number of nitrogens with one attached hydrogen (secondary N) is 1. The Morgan fingerprint density at radius 3 is 2.59 bits per heavy atom. The van der Waals surface area contributed by atoms with Gasteiger partial charge in [0.1, 0.15) is 0 Å². The molecule has 2 rings (SSSR count). The van der Waals surface area contributed by atoms with E-state index in [0.29, 0.717) is 6.42 Å². The van der Waals surface area contributed by atoms with Crippen LogP contribution >= 0.6 is 0 Å². The molecule has 17 heavy (non-hydrogen) atoms. The highest BCUT2D eigenvalue weighted by Crippen LogP contribution is 2.22.